The molecule has 0 N–H and O–H groups in total. The summed E-state index contributed by atoms with van der Waals surface area (Å²) in [6.45, 7) is 3.75. The zero-order chi connectivity index (χ0) is 14.0. The molecule has 1 heterocycles. The molecule has 0 radical (unpaired) electrons. The fourth-order valence-corrected chi connectivity index (χ4v) is 2.26. The van der Waals surface area contributed by atoms with E-state index in [1.165, 1.54) is 0 Å². The predicted molar refractivity (Wildman–Crippen MR) is 71.9 cm³/mol. The van der Waals surface area contributed by atoms with Crippen LogP contribution in [0.3, 0.4) is 0 Å². The third kappa shape index (κ3) is 2.00. The number of aldehydes is 1. The van der Waals surface area contributed by atoms with E-state index in [0.717, 1.165) is 17.7 Å². The summed E-state index contributed by atoms with van der Waals surface area (Å²) in [5.74, 6) is 0.610. The Morgan fingerprint density at radius 3 is 2.63 bits per heavy atom. The van der Waals surface area contributed by atoms with Gasteiger partial charge in [-0.1, -0.05) is 6.07 Å². The van der Waals surface area contributed by atoms with E-state index >= 15 is 0 Å². The Balaban J connectivity index is 2.82. The van der Waals surface area contributed by atoms with Crippen molar-refractivity contribution < 1.29 is 9.53 Å². The number of para-hydroxylation sites is 1. The van der Waals surface area contributed by atoms with Gasteiger partial charge in [0.25, 0.3) is 0 Å². The number of hydrogen-bond acceptors (Lipinski definition) is 3. The lowest BCUT2D eigenvalue weighted by atomic mass is 10.1. The lowest BCUT2D eigenvalue weighted by Gasteiger charge is -2.15. The molecule has 0 bridgehead atoms. The van der Waals surface area contributed by atoms with E-state index < -0.39 is 0 Å². The van der Waals surface area contributed by atoms with E-state index in [1.807, 2.05) is 18.4 Å². The van der Waals surface area contributed by atoms with Gasteiger partial charge in [-0.3, -0.25) is 4.79 Å². The minimum Gasteiger partial charge on any atom is -0.495 e. The van der Waals surface area contributed by atoms with E-state index in [2.05, 4.69) is 6.07 Å². The third-order valence-electron chi connectivity index (χ3n) is 3.16. The second kappa shape index (κ2) is 4.99. The Kier molecular flexibility index (Phi) is 3.39. The number of nitriles is 1. The molecule has 2 rings (SSSR count). The highest BCUT2D eigenvalue weighted by Gasteiger charge is 2.17. The summed E-state index contributed by atoms with van der Waals surface area (Å²) in [5.41, 5.74) is 3.50. The molecule has 0 amide bonds. The lowest BCUT2D eigenvalue weighted by molar-refractivity contribution is 0.112. The van der Waals surface area contributed by atoms with Crippen molar-refractivity contribution in [2.24, 2.45) is 0 Å². The normalized spacial score (nSPS) is 10.0. The van der Waals surface area contributed by atoms with E-state index in [9.17, 15) is 10.1 Å². The summed E-state index contributed by atoms with van der Waals surface area (Å²) >= 11 is 0. The molecule has 0 atom stereocenters. The van der Waals surface area contributed by atoms with E-state index in [-0.39, 0.29) is 0 Å². The fourth-order valence-electron chi connectivity index (χ4n) is 2.26. The van der Waals surface area contributed by atoms with Gasteiger partial charge in [-0.25, -0.2) is 0 Å². The maximum absolute atomic E-state index is 11.0. The van der Waals surface area contributed by atoms with Gasteiger partial charge in [-0.15, -0.1) is 0 Å². The van der Waals surface area contributed by atoms with Crippen LogP contribution in [0, 0.1) is 25.2 Å². The van der Waals surface area contributed by atoms with Gasteiger partial charge in [0.2, 0.25) is 0 Å². The molecule has 0 aliphatic heterocycles. The molecule has 0 fully saturated rings. The maximum atomic E-state index is 11.0. The number of rotatable bonds is 3. The Morgan fingerprint density at radius 2 is 2.11 bits per heavy atom. The summed E-state index contributed by atoms with van der Waals surface area (Å²) in [7, 11) is 1.56. The largest absolute Gasteiger partial charge is 0.495 e. The van der Waals surface area contributed by atoms with Crippen molar-refractivity contribution in [2.45, 2.75) is 13.8 Å². The quantitative estimate of drug-likeness (QED) is 0.791. The number of ether oxygens (including phenoxy) is 1. The van der Waals surface area contributed by atoms with Crippen LogP contribution < -0.4 is 4.74 Å². The van der Waals surface area contributed by atoms with Crippen LogP contribution in [0.25, 0.3) is 5.69 Å². The van der Waals surface area contributed by atoms with Gasteiger partial charge in [0.05, 0.1) is 12.7 Å². The first-order chi connectivity index (χ1) is 9.13. The average molecular weight is 254 g/mol. The number of benzene rings is 1. The smallest absolute Gasteiger partial charge is 0.151 e. The third-order valence-corrected chi connectivity index (χ3v) is 3.16. The van der Waals surface area contributed by atoms with Crippen LogP contribution in [-0.2, 0) is 0 Å². The summed E-state index contributed by atoms with van der Waals surface area (Å²) in [5, 5.41) is 9.26. The van der Waals surface area contributed by atoms with Crippen molar-refractivity contribution >= 4 is 6.29 Å². The van der Waals surface area contributed by atoms with Crippen LogP contribution in [-0.4, -0.2) is 18.0 Å². The van der Waals surface area contributed by atoms with Crippen LogP contribution >= 0.6 is 0 Å². The molecule has 1 aromatic heterocycles. The van der Waals surface area contributed by atoms with E-state index in [4.69, 9.17) is 4.74 Å². The summed E-state index contributed by atoms with van der Waals surface area (Å²) in [6.07, 6.45) is 0.820. The molecule has 19 heavy (non-hydrogen) atoms. The molecule has 0 aliphatic carbocycles. The summed E-state index contributed by atoms with van der Waals surface area (Å²) < 4.78 is 7.21. The lowest BCUT2D eigenvalue weighted by Crippen LogP contribution is -2.05. The van der Waals surface area contributed by atoms with Crippen molar-refractivity contribution in [3.05, 3.63) is 46.8 Å². The minimum atomic E-state index is 0.513. The number of aromatic nitrogens is 1. The molecule has 0 spiro atoms. The van der Waals surface area contributed by atoms with Gasteiger partial charge < -0.3 is 9.30 Å². The zero-order valence-corrected chi connectivity index (χ0v) is 11.1. The summed E-state index contributed by atoms with van der Waals surface area (Å²) in [6, 6.07) is 9.27. The number of nitrogens with zero attached hydrogens (tertiary/aromatic N) is 2. The Bertz CT molecular complexity index is 678. The number of carbonyl (C=O) groups excluding carboxylic acids is 1. The van der Waals surface area contributed by atoms with Crippen LogP contribution in [0.5, 0.6) is 5.75 Å². The molecular weight excluding hydrogens is 240 g/mol. The molecule has 2 aromatic rings. The first-order valence-electron chi connectivity index (χ1n) is 5.85. The first kappa shape index (κ1) is 12.9. The van der Waals surface area contributed by atoms with Crippen molar-refractivity contribution in [1.82, 2.24) is 4.57 Å². The number of methoxy groups -OCH3 is 1. The highest BCUT2D eigenvalue weighted by molar-refractivity contribution is 5.78. The first-order valence-corrected chi connectivity index (χ1v) is 5.85. The molecule has 1 aromatic carbocycles. The monoisotopic (exact) mass is 254 g/mol. The van der Waals surface area contributed by atoms with Gasteiger partial charge in [-0.05, 0) is 32.0 Å². The molecule has 0 aliphatic rings. The standard InChI is InChI=1S/C15H14N2O2/c1-10-7-13(9-18)11(2)17(10)15-12(8-16)5-4-6-14(15)19-3/h4-7,9H,1-3H3. The van der Waals surface area contributed by atoms with E-state index in [0.29, 0.717) is 22.6 Å². The molecular formula is C15H14N2O2. The molecule has 96 valence electrons. The van der Waals surface area contributed by atoms with Crippen molar-refractivity contribution in [2.75, 3.05) is 7.11 Å². The van der Waals surface area contributed by atoms with Gasteiger partial charge >= 0.3 is 0 Å². The number of carbonyl (C=O) groups is 1. The Hall–Kier alpha value is -2.54. The van der Waals surface area contributed by atoms with Crippen LogP contribution in [0.4, 0.5) is 0 Å². The predicted octanol–water partition coefficient (Wildman–Crippen LogP) is 2.79. The molecule has 4 nitrogen and oxygen atoms in total. The van der Waals surface area contributed by atoms with E-state index in [1.54, 1.807) is 31.4 Å². The molecule has 0 unspecified atom stereocenters. The zero-order valence-electron chi connectivity index (χ0n) is 11.1. The van der Waals surface area contributed by atoms with Gasteiger partial charge in [0.1, 0.15) is 17.5 Å². The highest BCUT2D eigenvalue weighted by atomic mass is 16.5. The van der Waals surface area contributed by atoms with Gasteiger partial charge in [-0.2, -0.15) is 5.26 Å². The fraction of sp³-hybridized carbons (Fsp3) is 0.200. The molecule has 0 saturated heterocycles. The van der Waals surface area contributed by atoms with Crippen molar-refractivity contribution in [3.63, 3.8) is 0 Å². The highest BCUT2D eigenvalue weighted by Crippen LogP contribution is 2.30. The second-order valence-corrected chi connectivity index (χ2v) is 4.25. The topological polar surface area (TPSA) is 55.0 Å². The Labute approximate surface area is 111 Å². The summed E-state index contributed by atoms with van der Waals surface area (Å²) in [4.78, 5) is 11.0. The molecule has 0 saturated carbocycles. The average Bonchev–Trinajstić information content (AvgIpc) is 2.72. The number of aryl methyl sites for hydroxylation is 1. The minimum absolute atomic E-state index is 0.513. The van der Waals surface area contributed by atoms with Gasteiger partial charge in [0, 0.05) is 17.0 Å². The second-order valence-electron chi connectivity index (χ2n) is 4.25. The van der Waals surface area contributed by atoms with Crippen molar-refractivity contribution in [3.8, 4) is 17.5 Å². The maximum Gasteiger partial charge on any atom is 0.151 e. The van der Waals surface area contributed by atoms with Crippen LogP contribution in [0.15, 0.2) is 24.3 Å². The van der Waals surface area contributed by atoms with Crippen LogP contribution in [0.2, 0.25) is 0 Å². The number of hydrogen-bond donors (Lipinski definition) is 0. The van der Waals surface area contributed by atoms with Crippen molar-refractivity contribution in [1.29, 1.82) is 5.26 Å². The van der Waals surface area contributed by atoms with Crippen LogP contribution in [0.1, 0.15) is 27.3 Å². The Morgan fingerprint density at radius 1 is 1.37 bits per heavy atom. The molecule has 4 heteroatoms. The SMILES string of the molecule is COc1cccc(C#N)c1-n1c(C)cc(C=O)c1C. The van der Waals surface area contributed by atoms with Gasteiger partial charge in [0.15, 0.2) is 6.29 Å².